The first kappa shape index (κ1) is 14.3. The highest BCUT2D eigenvalue weighted by atomic mass is 19.1. The van der Waals surface area contributed by atoms with Crippen LogP contribution in [0.4, 0.5) is 4.39 Å². The summed E-state index contributed by atoms with van der Waals surface area (Å²) in [6, 6.07) is 5.95. The number of hydrogen-bond acceptors (Lipinski definition) is 2. The fraction of sp³-hybridized carbons (Fsp3) is 0.105. The lowest BCUT2D eigenvalue weighted by Crippen LogP contribution is -2.16. The van der Waals surface area contributed by atoms with Gasteiger partial charge in [-0.25, -0.2) is 4.39 Å². The Morgan fingerprint density at radius 1 is 1.32 bits per heavy atom. The van der Waals surface area contributed by atoms with Crippen LogP contribution in [0.25, 0.3) is 17.2 Å². The third kappa shape index (κ3) is 2.58. The maximum Gasteiger partial charge on any atom is 0.197 e. The van der Waals surface area contributed by atoms with Crippen molar-refractivity contribution in [2.75, 3.05) is 0 Å². The van der Waals surface area contributed by atoms with Gasteiger partial charge in [0.25, 0.3) is 0 Å². The number of allylic oxidation sites excluding steroid dienone is 4. The molecule has 110 valence electrons. The minimum absolute atomic E-state index is 0.0209. The predicted octanol–water partition coefficient (Wildman–Crippen LogP) is 4.69. The second-order valence-corrected chi connectivity index (χ2v) is 5.13. The molecule has 1 aliphatic carbocycles. The molecule has 1 aromatic carbocycles. The molecule has 3 rings (SSSR count). The summed E-state index contributed by atoms with van der Waals surface area (Å²) in [4.78, 5) is 12.9. The zero-order valence-corrected chi connectivity index (χ0v) is 12.0. The molecule has 0 N–H and O–H groups in total. The topological polar surface area (TPSA) is 30.2 Å². The molecular formula is C19H15FO2. The van der Waals surface area contributed by atoms with E-state index in [1.54, 1.807) is 12.1 Å². The number of hydrogen-bond donors (Lipinski definition) is 0. The molecule has 2 nitrogen and oxygen atoms in total. The normalized spacial score (nSPS) is 16.7. The SMILES string of the molecule is C=Cc1occ(C2C=CC=CC2)c(=O)c1-c1cccc(F)c1. The number of benzene rings is 1. The van der Waals surface area contributed by atoms with Crippen LogP contribution in [0.5, 0.6) is 0 Å². The summed E-state index contributed by atoms with van der Waals surface area (Å²) in [5.74, 6) is -0.0556. The highest BCUT2D eigenvalue weighted by Crippen LogP contribution is 2.27. The molecule has 0 fully saturated rings. The zero-order chi connectivity index (χ0) is 15.5. The van der Waals surface area contributed by atoms with E-state index in [1.165, 1.54) is 24.5 Å². The first-order valence-corrected chi connectivity index (χ1v) is 7.08. The Morgan fingerprint density at radius 2 is 2.18 bits per heavy atom. The predicted molar refractivity (Wildman–Crippen MR) is 86.1 cm³/mol. The van der Waals surface area contributed by atoms with Crippen molar-refractivity contribution in [2.24, 2.45) is 0 Å². The summed E-state index contributed by atoms with van der Waals surface area (Å²) in [6.45, 7) is 3.67. The van der Waals surface area contributed by atoms with Crippen LogP contribution in [-0.4, -0.2) is 0 Å². The van der Waals surface area contributed by atoms with E-state index in [-0.39, 0.29) is 11.3 Å². The lowest BCUT2D eigenvalue weighted by atomic mass is 9.91. The average molecular weight is 294 g/mol. The van der Waals surface area contributed by atoms with Gasteiger partial charge < -0.3 is 4.42 Å². The van der Waals surface area contributed by atoms with Crippen LogP contribution in [0.15, 0.2) is 70.6 Å². The van der Waals surface area contributed by atoms with Crippen molar-refractivity contribution in [3.8, 4) is 11.1 Å². The van der Waals surface area contributed by atoms with Crippen molar-refractivity contribution in [1.29, 1.82) is 0 Å². The third-order valence-electron chi connectivity index (χ3n) is 3.73. The highest BCUT2D eigenvalue weighted by molar-refractivity contribution is 5.72. The smallest absolute Gasteiger partial charge is 0.197 e. The van der Waals surface area contributed by atoms with Gasteiger partial charge in [-0.3, -0.25) is 4.79 Å². The summed E-state index contributed by atoms with van der Waals surface area (Å²) in [5, 5.41) is 0. The highest BCUT2D eigenvalue weighted by Gasteiger charge is 2.19. The second-order valence-electron chi connectivity index (χ2n) is 5.13. The van der Waals surface area contributed by atoms with Crippen LogP contribution in [0, 0.1) is 5.82 Å². The zero-order valence-electron chi connectivity index (χ0n) is 12.0. The summed E-state index contributed by atoms with van der Waals surface area (Å²) in [7, 11) is 0. The largest absolute Gasteiger partial charge is 0.464 e. The molecule has 1 aromatic heterocycles. The molecule has 1 atom stereocenters. The van der Waals surface area contributed by atoms with E-state index in [4.69, 9.17) is 4.42 Å². The van der Waals surface area contributed by atoms with E-state index in [0.29, 0.717) is 22.5 Å². The molecule has 0 bridgehead atoms. The molecule has 0 aliphatic heterocycles. The van der Waals surface area contributed by atoms with Gasteiger partial charge >= 0.3 is 0 Å². The fourth-order valence-corrected chi connectivity index (χ4v) is 2.63. The van der Waals surface area contributed by atoms with Gasteiger partial charge in [0.2, 0.25) is 0 Å². The molecule has 2 aromatic rings. The summed E-state index contributed by atoms with van der Waals surface area (Å²) in [6.07, 6.45) is 11.5. The minimum atomic E-state index is -0.391. The van der Waals surface area contributed by atoms with Crippen molar-refractivity contribution >= 4 is 6.08 Å². The Balaban J connectivity index is 2.19. The summed E-state index contributed by atoms with van der Waals surface area (Å²) in [5.41, 5.74) is 1.29. The molecule has 0 saturated heterocycles. The molecule has 1 heterocycles. The van der Waals surface area contributed by atoms with E-state index in [9.17, 15) is 9.18 Å². The maximum atomic E-state index is 13.5. The molecule has 1 aliphatic rings. The summed E-state index contributed by atoms with van der Waals surface area (Å²) >= 11 is 0. The van der Waals surface area contributed by atoms with E-state index < -0.39 is 5.82 Å². The van der Waals surface area contributed by atoms with Crippen molar-refractivity contribution < 1.29 is 8.81 Å². The van der Waals surface area contributed by atoms with Crippen LogP contribution >= 0.6 is 0 Å². The van der Waals surface area contributed by atoms with Crippen molar-refractivity contribution in [3.63, 3.8) is 0 Å². The van der Waals surface area contributed by atoms with Gasteiger partial charge in [0.05, 0.1) is 11.8 Å². The molecule has 0 radical (unpaired) electrons. The van der Waals surface area contributed by atoms with Crippen molar-refractivity contribution in [2.45, 2.75) is 12.3 Å². The Bertz CT molecular complexity index is 828. The second kappa shape index (κ2) is 5.98. The van der Waals surface area contributed by atoms with Crippen LogP contribution in [0.1, 0.15) is 23.7 Å². The fourth-order valence-electron chi connectivity index (χ4n) is 2.63. The van der Waals surface area contributed by atoms with Crippen LogP contribution in [-0.2, 0) is 0 Å². The number of rotatable bonds is 3. The van der Waals surface area contributed by atoms with E-state index in [2.05, 4.69) is 6.58 Å². The van der Waals surface area contributed by atoms with Gasteiger partial charge in [-0.15, -0.1) is 0 Å². The quantitative estimate of drug-likeness (QED) is 0.822. The Kier molecular flexibility index (Phi) is 3.88. The van der Waals surface area contributed by atoms with Gasteiger partial charge in [0, 0.05) is 11.5 Å². The van der Waals surface area contributed by atoms with Crippen LogP contribution in [0.2, 0.25) is 0 Å². The number of halogens is 1. The van der Waals surface area contributed by atoms with Crippen molar-refractivity contribution in [3.05, 3.63) is 88.8 Å². The van der Waals surface area contributed by atoms with Gasteiger partial charge in [-0.05, 0) is 30.2 Å². The van der Waals surface area contributed by atoms with E-state index in [0.717, 1.165) is 6.42 Å². The first-order chi connectivity index (χ1) is 10.7. The average Bonchev–Trinajstić information content (AvgIpc) is 2.55. The Morgan fingerprint density at radius 3 is 2.86 bits per heavy atom. The molecule has 0 spiro atoms. The lowest BCUT2D eigenvalue weighted by molar-refractivity contribution is 0.528. The van der Waals surface area contributed by atoms with E-state index in [1.807, 2.05) is 24.3 Å². The molecule has 0 amide bonds. The van der Waals surface area contributed by atoms with Crippen LogP contribution < -0.4 is 5.43 Å². The Hall–Kier alpha value is -2.68. The van der Waals surface area contributed by atoms with Gasteiger partial charge in [0.15, 0.2) is 5.43 Å². The summed E-state index contributed by atoms with van der Waals surface area (Å²) < 4.78 is 19.1. The van der Waals surface area contributed by atoms with Gasteiger partial charge in [0.1, 0.15) is 11.6 Å². The Labute approximate surface area is 127 Å². The first-order valence-electron chi connectivity index (χ1n) is 7.08. The van der Waals surface area contributed by atoms with Crippen molar-refractivity contribution in [1.82, 2.24) is 0 Å². The third-order valence-corrected chi connectivity index (χ3v) is 3.73. The van der Waals surface area contributed by atoms with Gasteiger partial charge in [-0.2, -0.15) is 0 Å². The molecule has 0 saturated carbocycles. The van der Waals surface area contributed by atoms with Crippen LogP contribution in [0.3, 0.4) is 0 Å². The minimum Gasteiger partial charge on any atom is -0.464 e. The van der Waals surface area contributed by atoms with E-state index >= 15 is 0 Å². The molecular weight excluding hydrogens is 279 g/mol. The molecule has 22 heavy (non-hydrogen) atoms. The maximum absolute atomic E-state index is 13.5. The molecule has 1 unspecified atom stereocenters. The van der Waals surface area contributed by atoms with Gasteiger partial charge in [-0.1, -0.05) is 43.0 Å². The standard InChI is InChI=1S/C19H15FO2/c1-2-17-18(14-9-6-10-15(20)11-14)19(21)16(12-22-17)13-7-4-3-5-8-13/h2-7,9-13H,1,8H2. The monoisotopic (exact) mass is 294 g/mol. The lowest BCUT2D eigenvalue weighted by Gasteiger charge is -2.14. The molecule has 3 heteroatoms.